The summed E-state index contributed by atoms with van der Waals surface area (Å²) in [5.74, 6) is 0.708. The van der Waals surface area contributed by atoms with Gasteiger partial charge in [-0.1, -0.05) is 51.1 Å². The monoisotopic (exact) mass is 951 g/mol. The summed E-state index contributed by atoms with van der Waals surface area (Å²) in [6, 6.07) is 22.3. The molecule has 362 valence electrons. The van der Waals surface area contributed by atoms with Gasteiger partial charge in [0.2, 0.25) is 15.9 Å². The lowest BCUT2D eigenvalue weighted by atomic mass is 9.86. The Morgan fingerprint density at radius 3 is 2.19 bits per heavy atom. The first-order valence-corrected chi connectivity index (χ1v) is 24.3. The summed E-state index contributed by atoms with van der Waals surface area (Å²) in [6.45, 7) is 9.17. The van der Waals surface area contributed by atoms with E-state index in [0.29, 0.717) is 85.9 Å². The number of nitrogens with zero attached hydrogens (tertiary/aromatic N) is 3. The van der Waals surface area contributed by atoms with Gasteiger partial charge in [-0.3, -0.25) is 29.0 Å². The van der Waals surface area contributed by atoms with E-state index in [9.17, 15) is 32.7 Å². The molecule has 1 atom stereocenters. The molecule has 1 aromatic heterocycles. The Balaban J connectivity index is 1.06. The van der Waals surface area contributed by atoms with Gasteiger partial charge in [-0.2, -0.15) is 0 Å². The number of Topliss-reactive ketones (excluding diaryl/α,β-unsaturated/α-hetero) is 1. The fraction of sp³-hybridized carbons (Fsp3) is 0.380. The second-order valence-corrected chi connectivity index (χ2v) is 19.5. The zero-order chi connectivity index (χ0) is 49.2. The van der Waals surface area contributed by atoms with Crippen LogP contribution in [-0.2, 0) is 31.4 Å². The van der Waals surface area contributed by atoms with Crippen LogP contribution in [0.15, 0.2) is 85.1 Å². The van der Waals surface area contributed by atoms with Gasteiger partial charge in [0.15, 0.2) is 11.5 Å². The largest absolute Gasteiger partial charge is 0.496 e. The number of nitrogens with one attached hydrogen (secondary N) is 4. The SMILES string of the molecule is CN[C@@H](CCC(=O)N1CCN(CCCC(=O)c2ccc(Cc3cc(Oc4ccc(NC(=O)Nc5cc(C(C)(C)C)cc(NS(C)(=O)=O)c5OC)c5ccccc45)ccn3)cc2OC)CC1)C(=O)O. The van der Waals surface area contributed by atoms with Gasteiger partial charge in [0, 0.05) is 74.2 Å². The highest BCUT2D eigenvalue weighted by Crippen LogP contribution is 2.40. The van der Waals surface area contributed by atoms with Crippen LogP contribution < -0.4 is 34.9 Å². The van der Waals surface area contributed by atoms with Crippen LogP contribution in [0, 0.1) is 0 Å². The predicted octanol–water partition coefficient (Wildman–Crippen LogP) is 7.51. The van der Waals surface area contributed by atoms with E-state index in [4.69, 9.17) is 14.2 Å². The number of anilines is 3. The molecule has 0 aliphatic carbocycles. The molecule has 17 nitrogen and oxygen atoms in total. The number of hydrogen-bond acceptors (Lipinski definition) is 12. The van der Waals surface area contributed by atoms with Gasteiger partial charge < -0.3 is 40.2 Å². The maximum absolute atomic E-state index is 13.6. The molecule has 1 aliphatic heterocycles. The lowest BCUT2D eigenvalue weighted by Gasteiger charge is -2.35. The normalized spacial score (nSPS) is 13.7. The van der Waals surface area contributed by atoms with Crippen molar-refractivity contribution in [1.82, 2.24) is 20.1 Å². The van der Waals surface area contributed by atoms with Crippen molar-refractivity contribution in [3.8, 4) is 23.0 Å². The summed E-state index contributed by atoms with van der Waals surface area (Å²) in [7, 11) is 0.860. The van der Waals surface area contributed by atoms with Crippen molar-refractivity contribution in [2.24, 2.45) is 0 Å². The maximum atomic E-state index is 13.6. The highest BCUT2D eigenvalue weighted by molar-refractivity contribution is 7.92. The second kappa shape index (κ2) is 22.4. The number of benzene rings is 4. The first-order chi connectivity index (χ1) is 32.3. The van der Waals surface area contributed by atoms with E-state index >= 15 is 0 Å². The van der Waals surface area contributed by atoms with Crippen LogP contribution in [-0.4, -0.2) is 118 Å². The lowest BCUT2D eigenvalue weighted by molar-refractivity contribution is -0.140. The van der Waals surface area contributed by atoms with Crippen molar-refractivity contribution in [3.63, 3.8) is 0 Å². The molecule has 1 fully saturated rings. The fourth-order valence-electron chi connectivity index (χ4n) is 8.06. The summed E-state index contributed by atoms with van der Waals surface area (Å²) in [4.78, 5) is 59.4. The number of urea groups is 1. The van der Waals surface area contributed by atoms with Crippen LogP contribution in [0.1, 0.15) is 73.6 Å². The van der Waals surface area contributed by atoms with Gasteiger partial charge in [0.05, 0.1) is 43.1 Å². The first kappa shape index (κ1) is 50.6. The molecule has 18 heteroatoms. The third kappa shape index (κ3) is 13.4. The van der Waals surface area contributed by atoms with Crippen LogP contribution in [0.5, 0.6) is 23.0 Å². The van der Waals surface area contributed by atoms with E-state index in [1.807, 2.05) is 63.2 Å². The number of ketones is 1. The van der Waals surface area contributed by atoms with Gasteiger partial charge in [0.1, 0.15) is 23.3 Å². The number of fused-ring (bicyclic) bond motifs is 1. The number of carboxylic acid groups (broad SMARTS) is 1. The lowest BCUT2D eigenvalue weighted by Crippen LogP contribution is -2.49. The van der Waals surface area contributed by atoms with Gasteiger partial charge in [-0.05, 0) is 85.4 Å². The van der Waals surface area contributed by atoms with Crippen molar-refractivity contribution in [2.45, 2.75) is 64.3 Å². The van der Waals surface area contributed by atoms with E-state index in [1.54, 1.807) is 61.7 Å². The van der Waals surface area contributed by atoms with Gasteiger partial charge in [-0.15, -0.1) is 0 Å². The van der Waals surface area contributed by atoms with E-state index in [1.165, 1.54) is 7.11 Å². The number of piperazine rings is 1. The molecule has 2 heterocycles. The highest BCUT2D eigenvalue weighted by atomic mass is 32.2. The van der Waals surface area contributed by atoms with Crippen LogP contribution >= 0.6 is 0 Å². The molecule has 5 aromatic rings. The minimum absolute atomic E-state index is 0.0217. The van der Waals surface area contributed by atoms with Crippen molar-refractivity contribution < 1.29 is 46.9 Å². The number of aliphatic carboxylic acids is 1. The Morgan fingerprint density at radius 1 is 0.824 bits per heavy atom. The molecule has 0 bridgehead atoms. The summed E-state index contributed by atoms with van der Waals surface area (Å²) in [6.07, 6.45) is 4.56. The minimum atomic E-state index is -3.66. The average Bonchev–Trinajstić information content (AvgIpc) is 3.29. The molecule has 0 unspecified atom stereocenters. The number of pyridine rings is 1. The number of carbonyl (C=O) groups is 4. The number of methoxy groups -OCH3 is 2. The Morgan fingerprint density at radius 2 is 1.53 bits per heavy atom. The molecule has 6 rings (SSSR count). The quantitative estimate of drug-likeness (QED) is 0.0478. The number of amides is 3. The standard InChI is InChI=1S/C50H61N7O10S/c1-50(2,3)33-29-41(47(66-6)42(30-33)55-68(7,63)64)54-49(62)53-39-16-18-44(37-12-9-8-11-36(37)39)67-35-20-21-52-34(31-35)27-32-14-15-38(45(28-32)65-5)43(58)13-10-22-56-23-25-57(26-24-56)46(59)19-17-40(51-4)48(60)61/h8-9,11-12,14-16,18,20-21,28-31,40,51,55H,10,13,17,19,22-27H2,1-7H3,(H,60,61)(H2,53,54,62)/t40-/m0/s1. The van der Waals surface area contributed by atoms with E-state index < -0.39 is 28.1 Å². The molecular weight excluding hydrogens is 891 g/mol. The molecule has 0 spiro atoms. The zero-order valence-corrected chi connectivity index (χ0v) is 40.4. The average molecular weight is 952 g/mol. The Bertz CT molecular complexity index is 2750. The third-order valence-corrected chi connectivity index (χ3v) is 12.3. The summed E-state index contributed by atoms with van der Waals surface area (Å²) in [5, 5.41) is 19.2. The molecule has 5 N–H and O–H groups in total. The van der Waals surface area contributed by atoms with Gasteiger partial charge in [0.25, 0.3) is 0 Å². The molecule has 1 saturated heterocycles. The van der Waals surface area contributed by atoms with Crippen LogP contribution in [0.4, 0.5) is 21.9 Å². The summed E-state index contributed by atoms with van der Waals surface area (Å²) >= 11 is 0. The summed E-state index contributed by atoms with van der Waals surface area (Å²) < 4.78 is 44.6. The topological polar surface area (TPSA) is 218 Å². The molecule has 4 aromatic carbocycles. The van der Waals surface area contributed by atoms with E-state index in [2.05, 4.69) is 30.6 Å². The minimum Gasteiger partial charge on any atom is -0.496 e. The summed E-state index contributed by atoms with van der Waals surface area (Å²) in [5.41, 5.74) is 3.52. The van der Waals surface area contributed by atoms with Crippen LogP contribution in [0.2, 0.25) is 0 Å². The maximum Gasteiger partial charge on any atom is 0.323 e. The number of carboxylic acids is 1. The van der Waals surface area contributed by atoms with Gasteiger partial charge >= 0.3 is 12.0 Å². The zero-order valence-electron chi connectivity index (χ0n) is 39.6. The Kier molecular flexibility index (Phi) is 16.7. The number of rotatable bonds is 20. The number of carbonyl (C=O) groups excluding carboxylic acids is 3. The van der Waals surface area contributed by atoms with Crippen molar-refractivity contribution in [1.29, 1.82) is 0 Å². The molecule has 1 aliphatic rings. The van der Waals surface area contributed by atoms with E-state index in [-0.39, 0.29) is 47.1 Å². The van der Waals surface area contributed by atoms with Crippen LogP contribution in [0.3, 0.4) is 0 Å². The number of aromatic nitrogens is 1. The van der Waals surface area contributed by atoms with Crippen molar-refractivity contribution in [3.05, 3.63) is 107 Å². The number of hydrogen-bond donors (Lipinski definition) is 5. The van der Waals surface area contributed by atoms with Crippen LogP contribution in [0.25, 0.3) is 10.8 Å². The fourth-order valence-corrected chi connectivity index (χ4v) is 8.61. The van der Waals surface area contributed by atoms with E-state index in [0.717, 1.165) is 28.5 Å². The molecule has 0 saturated carbocycles. The third-order valence-electron chi connectivity index (χ3n) is 11.7. The molecule has 0 radical (unpaired) electrons. The number of ether oxygens (including phenoxy) is 3. The van der Waals surface area contributed by atoms with Gasteiger partial charge in [-0.25, -0.2) is 13.2 Å². The van der Waals surface area contributed by atoms with Crippen molar-refractivity contribution >= 4 is 61.5 Å². The first-order valence-electron chi connectivity index (χ1n) is 22.4. The number of sulfonamides is 1. The Labute approximate surface area is 397 Å². The number of likely N-dealkylation sites (N-methyl/N-ethyl adjacent to an activating group) is 1. The smallest absolute Gasteiger partial charge is 0.323 e. The second-order valence-electron chi connectivity index (χ2n) is 17.7. The predicted molar refractivity (Wildman–Crippen MR) is 263 cm³/mol. The molecule has 68 heavy (non-hydrogen) atoms. The Hall–Kier alpha value is -6.76. The molecular formula is C50H61N7O10S. The van der Waals surface area contributed by atoms with Crippen molar-refractivity contribution in [2.75, 3.05) is 75.6 Å². The highest BCUT2D eigenvalue weighted by Gasteiger charge is 2.25. The molecule has 3 amide bonds.